The zero-order valence-corrected chi connectivity index (χ0v) is 11.1. The first-order chi connectivity index (χ1) is 8.21. The first-order valence-corrected chi connectivity index (χ1v) is 6.44. The van der Waals surface area contributed by atoms with E-state index in [2.05, 4.69) is 36.4 Å². The second-order valence-electron chi connectivity index (χ2n) is 4.44. The Morgan fingerprint density at radius 1 is 1.41 bits per heavy atom. The molecule has 1 aromatic rings. The van der Waals surface area contributed by atoms with Crippen molar-refractivity contribution < 1.29 is 5.11 Å². The number of aliphatic hydroxyl groups excluding tert-OH is 1. The van der Waals surface area contributed by atoms with Crippen LogP contribution in [0.1, 0.15) is 39.3 Å². The van der Waals surface area contributed by atoms with Gasteiger partial charge in [-0.3, -0.25) is 0 Å². The maximum Gasteiger partial charge on any atom is 0.0964 e. The molecule has 0 aliphatic heterocycles. The highest BCUT2D eigenvalue weighted by atomic mass is 16.3. The Balaban J connectivity index is 2.38. The van der Waals surface area contributed by atoms with Gasteiger partial charge < -0.3 is 10.4 Å². The summed E-state index contributed by atoms with van der Waals surface area (Å²) in [6, 6.07) is 0.494. The van der Waals surface area contributed by atoms with Crippen molar-refractivity contribution in [2.75, 3.05) is 6.61 Å². The monoisotopic (exact) mass is 240 g/mol. The lowest BCUT2D eigenvalue weighted by Crippen LogP contribution is -2.32. The molecule has 17 heavy (non-hydrogen) atoms. The molecule has 1 rings (SSSR count). The van der Waals surface area contributed by atoms with E-state index in [1.165, 1.54) is 12.8 Å². The van der Waals surface area contributed by atoms with Crippen LogP contribution in [0.25, 0.3) is 0 Å². The Hall–Kier alpha value is -0.940. The molecular weight excluding hydrogens is 216 g/mol. The number of hydrogen-bond donors (Lipinski definition) is 2. The smallest absolute Gasteiger partial charge is 0.0964 e. The summed E-state index contributed by atoms with van der Waals surface area (Å²) in [5, 5.41) is 20.3. The minimum atomic E-state index is 0.0976. The molecule has 2 N–H and O–H groups in total. The number of aromatic nitrogens is 3. The molecule has 1 unspecified atom stereocenters. The van der Waals surface area contributed by atoms with Gasteiger partial charge in [-0.05, 0) is 12.8 Å². The molecule has 1 atom stereocenters. The molecule has 0 radical (unpaired) electrons. The Labute approximate surface area is 103 Å². The molecule has 0 aromatic carbocycles. The van der Waals surface area contributed by atoms with Gasteiger partial charge in [-0.15, -0.1) is 5.10 Å². The van der Waals surface area contributed by atoms with Crippen molar-refractivity contribution in [1.82, 2.24) is 20.3 Å². The molecule has 1 aromatic heterocycles. The largest absolute Gasteiger partial charge is 0.394 e. The van der Waals surface area contributed by atoms with Gasteiger partial charge >= 0.3 is 0 Å². The summed E-state index contributed by atoms with van der Waals surface area (Å²) < 4.78 is 1.67. The fourth-order valence-corrected chi connectivity index (χ4v) is 2.06. The van der Waals surface area contributed by atoms with E-state index in [1.807, 2.05) is 6.20 Å². The van der Waals surface area contributed by atoms with Crippen LogP contribution in [0.5, 0.6) is 0 Å². The van der Waals surface area contributed by atoms with Gasteiger partial charge in [0.1, 0.15) is 0 Å². The minimum Gasteiger partial charge on any atom is -0.394 e. The van der Waals surface area contributed by atoms with E-state index in [-0.39, 0.29) is 6.61 Å². The molecule has 0 fully saturated rings. The highest BCUT2D eigenvalue weighted by Crippen LogP contribution is 2.12. The van der Waals surface area contributed by atoms with Gasteiger partial charge in [0.05, 0.1) is 18.8 Å². The van der Waals surface area contributed by atoms with E-state index < -0.39 is 0 Å². The quantitative estimate of drug-likeness (QED) is 0.716. The Bertz CT molecular complexity index is 309. The molecular formula is C12H24N4O. The number of aliphatic hydroxyl groups is 1. The van der Waals surface area contributed by atoms with E-state index in [9.17, 15) is 0 Å². The van der Waals surface area contributed by atoms with Crippen LogP contribution >= 0.6 is 0 Å². The van der Waals surface area contributed by atoms with Crippen LogP contribution in [0.3, 0.4) is 0 Å². The predicted molar refractivity (Wildman–Crippen MR) is 67.5 cm³/mol. The fraction of sp³-hybridized carbons (Fsp3) is 0.833. The highest BCUT2D eigenvalue weighted by molar-refractivity contribution is 4.92. The summed E-state index contributed by atoms with van der Waals surface area (Å²) >= 11 is 0. The number of nitrogens with zero attached hydrogens (tertiary/aromatic N) is 3. The van der Waals surface area contributed by atoms with Gasteiger partial charge in [0.15, 0.2) is 0 Å². The van der Waals surface area contributed by atoms with E-state index in [4.69, 9.17) is 5.11 Å². The van der Waals surface area contributed by atoms with E-state index in [0.29, 0.717) is 18.5 Å². The van der Waals surface area contributed by atoms with Crippen LogP contribution in [-0.2, 0) is 13.1 Å². The average Bonchev–Trinajstić information content (AvgIpc) is 2.76. The van der Waals surface area contributed by atoms with E-state index >= 15 is 0 Å². The van der Waals surface area contributed by atoms with Crippen LogP contribution in [0.4, 0.5) is 0 Å². The first-order valence-electron chi connectivity index (χ1n) is 6.44. The molecule has 5 heteroatoms. The Morgan fingerprint density at radius 3 is 2.71 bits per heavy atom. The van der Waals surface area contributed by atoms with Gasteiger partial charge in [0.25, 0.3) is 0 Å². The summed E-state index contributed by atoms with van der Waals surface area (Å²) in [6.07, 6.45) is 4.27. The second kappa shape index (κ2) is 7.40. The molecule has 0 bridgehead atoms. The highest BCUT2D eigenvalue weighted by Gasteiger charge is 2.13. The van der Waals surface area contributed by atoms with Crippen LogP contribution in [0, 0.1) is 5.92 Å². The maximum absolute atomic E-state index is 8.78. The van der Waals surface area contributed by atoms with E-state index in [0.717, 1.165) is 12.2 Å². The lowest BCUT2D eigenvalue weighted by atomic mass is 9.95. The third-order valence-electron chi connectivity index (χ3n) is 3.28. The normalized spacial score (nSPS) is 13.2. The van der Waals surface area contributed by atoms with E-state index in [1.54, 1.807) is 4.68 Å². The fourth-order valence-electron chi connectivity index (χ4n) is 2.06. The molecule has 98 valence electrons. The lowest BCUT2D eigenvalue weighted by molar-refractivity contribution is 0.268. The molecule has 0 saturated carbocycles. The third kappa shape index (κ3) is 4.44. The molecule has 0 aliphatic rings. The molecule has 0 aliphatic carbocycles. The molecule has 1 heterocycles. The number of nitrogens with one attached hydrogen (secondary N) is 1. The summed E-state index contributed by atoms with van der Waals surface area (Å²) in [4.78, 5) is 0. The predicted octanol–water partition coefficient (Wildman–Crippen LogP) is 1.18. The van der Waals surface area contributed by atoms with Crippen LogP contribution in [0.15, 0.2) is 6.20 Å². The summed E-state index contributed by atoms with van der Waals surface area (Å²) in [6.45, 7) is 8.02. The van der Waals surface area contributed by atoms with Crippen molar-refractivity contribution in [1.29, 1.82) is 0 Å². The summed E-state index contributed by atoms with van der Waals surface area (Å²) in [5.41, 5.74) is 0.927. The van der Waals surface area contributed by atoms with Crippen LogP contribution in [-0.4, -0.2) is 32.7 Å². The average molecular weight is 240 g/mol. The molecule has 0 saturated heterocycles. The Kier molecular flexibility index (Phi) is 6.15. The first kappa shape index (κ1) is 14.1. The standard InChI is InChI=1S/C12H24N4O/c1-4-11(5-2)10(3)13-8-12-9-16(6-7-17)15-14-12/h9-11,13,17H,4-8H2,1-3H3. The topological polar surface area (TPSA) is 63.0 Å². The second-order valence-corrected chi connectivity index (χ2v) is 4.44. The zero-order valence-electron chi connectivity index (χ0n) is 11.1. The van der Waals surface area contributed by atoms with Crippen molar-refractivity contribution in [3.63, 3.8) is 0 Å². The Morgan fingerprint density at radius 2 is 2.12 bits per heavy atom. The zero-order chi connectivity index (χ0) is 12.7. The molecule has 0 spiro atoms. The van der Waals surface area contributed by atoms with Gasteiger partial charge in [0, 0.05) is 18.8 Å². The summed E-state index contributed by atoms with van der Waals surface area (Å²) in [7, 11) is 0. The maximum atomic E-state index is 8.78. The molecule has 5 nitrogen and oxygen atoms in total. The van der Waals surface area contributed by atoms with Crippen molar-refractivity contribution in [3.05, 3.63) is 11.9 Å². The SMILES string of the molecule is CCC(CC)C(C)NCc1cn(CCO)nn1. The van der Waals surface area contributed by atoms with Crippen molar-refractivity contribution in [2.24, 2.45) is 5.92 Å². The van der Waals surface area contributed by atoms with Gasteiger partial charge in [-0.1, -0.05) is 31.9 Å². The van der Waals surface area contributed by atoms with Gasteiger partial charge in [-0.2, -0.15) is 0 Å². The summed E-state index contributed by atoms with van der Waals surface area (Å²) in [5.74, 6) is 0.711. The number of hydrogen-bond acceptors (Lipinski definition) is 4. The number of rotatable bonds is 8. The molecule has 0 amide bonds. The van der Waals surface area contributed by atoms with Crippen molar-refractivity contribution in [2.45, 2.75) is 52.7 Å². The van der Waals surface area contributed by atoms with Crippen molar-refractivity contribution >= 4 is 0 Å². The van der Waals surface area contributed by atoms with Crippen LogP contribution in [0.2, 0.25) is 0 Å². The minimum absolute atomic E-state index is 0.0976. The van der Waals surface area contributed by atoms with Crippen molar-refractivity contribution in [3.8, 4) is 0 Å². The van der Waals surface area contributed by atoms with Gasteiger partial charge in [0.2, 0.25) is 0 Å². The van der Waals surface area contributed by atoms with Crippen LogP contribution < -0.4 is 5.32 Å². The van der Waals surface area contributed by atoms with Gasteiger partial charge in [-0.25, -0.2) is 4.68 Å². The third-order valence-corrected chi connectivity index (χ3v) is 3.28. The lowest BCUT2D eigenvalue weighted by Gasteiger charge is -2.21.